The summed E-state index contributed by atoms with van der Waals surface area (Å²) in [6, 6.07) is 0. The third kappa shape index (κ3) is 4.71. The number of alkyl carbamates (subject to hydrolysis) is 2. The smallest absolute Gasteiger partial charge is 0.419 e. The number of ether oxygens (including phenoxy) is 2. The molecule has 0 aromatic rings. The molecule has 0 unspecified atom stereocenters. The van der Waals surface area contributed by atoms with Gasteiger partial charge in [-0.2, -0.15) is 0 Å². The van der Waals surface area contributed by atoms with Gasteiger partial charge in [0, 0.05) is 0 Å². The van der Waals surface area contributed by atoms with Gasteiger partial charge in [0.15, 0.2) is 0 Å². The number of nitrogens with one attached hydrogen (secondary N) is 1. The van der Waals surface area contributed by atoms with E-state index in [2.05, 4.69) is 22.6 Å². The first-order chi connectivity index (χ1) is 5.20. The summed E-state index contributed by atoms with van der Waals surface area (Å²) in [6.07, 6.45) is -0.133. The van der Waals surface area contributed by atoms with E-state index in [1.807, 2.05) is 0 Å². The Morgan fingerprint density at radius 3 is 1.73 bits per heavy atom. The molecule has 1 N–H and O–H groups in total. The SMILES string of the molecule is C=COC(=O)NC(=O)OC=C. The first kappa shape index (κ1) is 9.22. The van der Waals surface area contributed by atoms with Gasteiger partial charge in [0.05, 0.1) is 12.5 Å². The maximum absolute atomic E-state index is 10.4. The van der Waals surface area contributed by atoms with E-state index in [1.165, 1.54) is 0 Å². The molecule has 0 rings (SSSR count). The van der Waals surface area contributed by atoms with Crippen LogP contribution in [0.15, 0.2) is 25.7 Å². The Morgan fingerprint density at radius 1 is 1.09 bits per heavy atom. The van der Waals surface area contributed by atoms with Gasteiger partial charge < -0.3 is 9.47 Å². The zero-order valence-corrected chi connectivity index (χ0v) is 5.70. The van der Waals surface area contributed by atoms with Crippen molar-refractivity contribution in [2.45, 2.75) is 0 Å². The molecular formula is C6H7NO4. The number of hydrogen-bond donors (Lipinski definition) is 1. The molecule has 0 saturated heterocycles. The standard InChI is InChI=1S/C6H7NO4/c1-3-10-5(8)7-6(9)11-4-2/h3-4H,1-2H2,(H,7,8,9). The fraction of sp³-hybridized carbons (Fsp3) is 0. The molecule has 0 fully saturated rings. The second kappa shape index (κ2) is 5.04. The van der Waals surface area contributed by atoms with Gasteiger partial charge in [0.2, 0.25) is 0 Å². The van der Waals surface area contributed by atoms with E-state index < -0.39 is 12.2 Å². The maximum atomic E-state index is 10.4. The van der Waals surface area contributed by atoms with Gasteiger partial charge in [-0.25, -0.2) is 14.9 Å². The normalized spacial score (nSPS) is 7.64. The minimum Gasteiger partial charge on any atom is -0.419 e. The van der Waals surface area contributed by atoms with E-state index >= 15 is 0 Å². The van der Waals surface area contributed by atoms with Crippen LogP contribution in [0.2, 0.25) is 0 Å². The van der Waals surface area contributed by atoms with Crippen LogP contribution in [0.3, 0.4) is 0 Å². The Morgan fingerprint density at radius 2 is 1.45 bits per heavy atom. The van der Waals surface area contributed by atoms with Crippen LogP contribution < -0.4 is 5.32 Å². The summed E-state index contributed by atoms with van der Waals surface area (Å²) in [6.45, 7) is 6.20. The second-order valence-electron chi connectivity index (χ2n) is 1.27. The highest BCUT2D eigenvalue weighted by Crippen LogP contribution is 1.80. The molecule has 0 saturated carbocycles. The monoisotopic (exact) mass is 157 g/mol. The van der Waals surface area contributed by atoms with E-state index in [-0.39, 0.29) is 0 Å². The zero-order valence-electron chi connectivity index (χ0n) is 5.70. The van der Waals surface area contributed by atoms with Crippen LogP contribution in [0.5, 0.6) is 0 Å². The van der Waals surface area contributed by atoms with Crippen molar-refractivity contribution in [3.8, 4) is 0 Å². The van der Waals surface area contributed by atoms with Gasteiger partial charge in [-0.1, -0.05) is 13.2 Å². The number of imide groups is 1. The van der Waals surface area contributed by atoms with E-state index in [9.17, 15) is 9.59 Å². The summed E-state index contributed by atoms with van der Waals surface area (Å²) in [7, 11) is 0. The molecule has 0 aromatic carbocycles. The molecule has 11 heavy (non-hydrogen) atoms. The molecule has 2 amide bonds. The third-order valence-electron chi connectivity index (χ3n) is 0.585. The van der Waals surface area contributed by atoms with Crippen LogP contribution >= 0.6 is 0 Å². The van der Waals surface area contributed by atoms with Crippen LogP contribution in [0, 0.1) is 0 Å². The molecule has 0 aliphatic rings. The Hall–Kier alpha value is -1.78. The van der Waals surface area contributed by atoms with E-state index in [4.69, 9.17) is 0 Å². The minimum atomic E-state index is -0.952. The van der Waals surface area contributed by atoms with Gasteiger partial charge in [0.25, 0.3) is 0 Å². The lowest BCUT2D eigenvalue weighted by Crippen LogP contribution is -2.29. The van der Waals surface area contributed by atoms with Crippen molar-refractivity contribution in [3.63, 3.8) is 0 Å². The average molecular weight is 157 g/mol. The zero-order chi connectivity index (χ0) is 8.69. The molecule has 0 bridgehead atoms. The predicted molar refractivity (Wildman–Crippen MR) is 36.5 cm³/mol. The van der Waals surface area contributed by atoms with Crippen molar-refractivity contribution in [3.05, 3.63) is 25.7 Å². The average Bonchev–Trinajstić information content (AvgIpc) is 1.87. The first-order valence-corrected chi connectivity index (χ1v) is 2.60. The second-order valence-corrected chi connectivity index (χ2v) is 1.27. The summed E-state index contributed by atoms with van der Waals surface area (Å²) < 4.78 is 8.28. The van der Waals surface area contributed by atoms with Crippen LogP contribution in [-0.4, -0.2) is 12.2 Å². The highest BCUT2D eigenvalue weighted by Gasteiger charge is 2.05. The lowest BCUT2D eigenvalue weighted by Gasteiger charge is -1.98. The van der Waals surface area contributed by atoms with Crippen molar-refractivity contribution in [2.75, 3.05) is 0 Å². The molecule has 60 valence electrons. The maximum Gasteiger partial charge on any atom is 0.421 e. The fourth-order valence-corrected chi connectivity index (χ4v) is 0.294. The lowest BCUT2D eigenvalue weighted by molar-refractivity contribution is 0.165. The largest absolute Gasteiger partial charge is 0.421 e. The highest BCUT2D eigenvalue weighted by molar-refractivity contribution is 5.87. The van der Waals surface area contributed by atoms with Crippen molar-refractivity contribution in [2.24, 2.45) is 0 Å². The van der Waals surface area contributed by atoms with Crippen LogP contribution in [0.1, 0.15) is 0 Å². The first-order valence-electron chi connectivity index (χ1n) is 2.60. The topological polar surface area (TPSA) is 64.6 Å². The summed E-state index contributed by atoms with van der Waals surface area (Å²) in [5.41, 5.74) is 0. The van der Waals surface area contributed by atoms with Gasteiger partial charge in [-0.3, -0.25) is 0 Å². The summed E-state index contributed by atoms with van der Waals surface area (Å²) >= 11 is 0. The van der Waals surface area contributed by atoms with Gasteiger partial charge in [-0.15, -0.1) is 0 Å². The highest BCUT2D eigenvalue weighted by atomic mass is 16.6. The van der Waals surface area contributed by atoms with E-state index in [0.717, 1.165) is 12.5 Å². The number of carbonyl (C=O) groups is 2. The van der Waals surface area contributed by atoms with E-state index in [0.29, 0.717) is 0 Å². The molecule has 0 spiro atoms. The van der Waals surface area contributed by atoms with Gasteiger partial charge in [-0.05, 0) is 0 Å². The van der Waals surface area contributed by atoms with Crippen molar-refractivity contribution in [1.82, 2.24) is 5.32 Å². The Labute approximate surface area is 63.3 Å². The van der Waals surface area contributed by atoms with E-state index in [1.54, 1.807) is 5.32 Å². The number of amides is 2. The molecule has 0 aliphatic heterocycles. The summed E-state index contributed by atoms with van der Waals surface area (Å²) in [4.78, 5) is 20.8. The lowest BCUT2D eigenvalue weighted by atomic mass is 11.0. The van der Waals surface area contributed by atoms with Crippen LogP contribution in [0.4, 0.5) is 9.59 Å². The fourth-order valence-electron chi connectivity index (χ4n) is 0.294. The molecule has 5 heteroatoms. The van der Waals surface area contributed by atoms with Crippen LogP contribution in [0.25, 0.3) is 0 Å². The Kier molecular flexibility index (Phi) is 4.22. The third-order valence-corrected chi connectivity index (χ3v) is 0.585. The van der Waals surface area contributed by atoms with Crippen molar-refractivity contribution < 1.29 is 19.1 Å². The molecule has 0 atom stereocenters. The van der Waals surface area contributed by atoms with Gasteiger partial charge in [0.1, 0.15) is 0 Å². The molecule has 0 heterocycles. The molecule has 0 aromatic heterocycles. The summed E-state index contributed by atoms with van der Waals surface area (Å²) in [5.74, 6) is 0. The quantitative estimate of drug-likeness (QED) is 0.610. The van der Waals surface area contributed by atoms with Gasteiger partial charge >= 0.3 is 12.2 Å². The Balaban J connectivity index is 3.65. The van der Waals surface area contributed by atoms with Crippen molar-refractivity contribution in [1.29, 1.82) is 0 Å². The summed E-state index contributed by atoms with van der Waals surface area (Å²) in [5, 5.41) is 1.72. The van der Waals surface area contributed by atoms with Crippen molar-refractivity contribution >= 4 is 12.2 Å². The minimum absolute atomic E-state index is 0.885. The molecule has 0 aliphatic carbocycles. The number of carbonyl (C=O) groups excluding carboxylic acids is 2. The number of hydrogen-bond acceptors (Lipinski definition) is 4. The molecule has 5 nitrogen and oxygen atoms in total. The number of rotatable bonds is 2. The molecule has 0 radical (unpaired) electrons. The van der Waals surface area contributed by atoms with Crippen LogP contribution in [-0.2, 0) is 9.47 Å². The molecular weight excluding hydrogens is 150 g/mol. The Bertz CT molecular complexity index is 167. The predicted octanol–water partition coefficient (Wildman–Crippen LogP) is 1.14.